The van der Waals surface area contributed by atoms with Crippen molar-refractivity contribution in [3.05, 3.63) is 34.9 Å². The molecule has 1 aromatic rings. The third kappa shape index (κ3) is 3.21. The smallest absolute Gasteiger partial charge is 0.0942 e. The molecule has 1 aromatic carbocycles. The molecule has 0 bridgehead atoms. The van der Waals surface area contributed by atoms with E-state index in [9.17, 15) is 5.11 Å². The van der Waals surface area contributed by atoms with Crippen LogP contribution in [0.4, 0.5) is 0 Å². The van der Waals surface area contributed by atoms with E-state index in [1.165, 1.54) is 19.3 Å². The predicted octanol–water partition coefficient (Wildman–Crippen LogP) is 3.25. The number of hydrogen-bond acceptors (Lipinski definition) is 2. The number of piperidine rings is 1. The van der Waals surface area contributed by atoms with Crippen LogP contribution in [0.15, 0.2) is 24.3 Å². The largest absolute Gasteiger partial charge is 0.387 e. The van der Waals surface area contributed by atoms with Gasteiger partial charge in [0.15, 0.2) is 0 Å². The van der Waals surface area contributed by atoms with Gasteiger partial charge in [0.1, 0.15) is 0 Å². The lowest BCUT2D eigenvalue weighted by Gasteiger charge is -2.35. The number of halogens is 1. The zero-order valence-electron chi connectivity index (χ0n) is 10.3. The van der Waals surface area contributed by atoms with Gasteiger partial charge in [-0.3, -0.25) is 4.90 Å². The van der Waals surface area contributed by atoms with Gasteiger partial charge in [-0.2, -0.15) is 0 Å². The Bertz CT molecular complexity index is 346. The summed E-state index contributed by atoms with van der Waals surface area (Å²) in [7, 11) is 0. The SMILES string of the molecule is CC(C(O)c1ccc(Cl)cc1)N1CCCCC1. The summed E-state index contributed by atoms with van der Waals surface area (Å²) in [4.78, 5) is 2.38. The zero-order chi connectivity index (χ0) is 12.3. The van der Waals surface area contributed by atoms with Crippen LogP contribution in [-0.4, -0.2) is 29.1 Å². The highest BCUT2D eigenvalue weighted by Gasteiger charge is 2.24. The molecule has 2 unspecified atom stereocenters. The summed E-state index contributed by atoms with van der Waals surface area (Å²) in [5.41, 5.74) is 0.951. The molecule has 3 heteroatoms. The fraction of sp³-hybridized carbons (Fsp3) is 0.571. The second-order valence-corrected chi connectivity index (χ2v) is 5.27. The van der Waals surface area contributed by atoms with Crippen molar-refractivity contribution in [2.24, 2.45) is 0 Å². The number of likely N-dealkylation sites (tertiary alicyclic amines) is 1. The lowest BCUT2D eigenvalue weighted by Crippen LogP contribution is -2.40. The van der Waals surface area contributed by atoms with E-state index < -0.39 is 6.10 Å². The first kappa shape index (κ1) is 12.9. The number of aliphatic hydroxyl groups excluding tert-OH is 1. The molecule has 2 rings (SSSR count). The lowest BCUT2D eigenvalue weighted by molar-refractivity contribution is 0.0471. The molecule has 0 spiro atoms. The summed E-state index contributed by atoms with van der Waals surface area (Å²) >= 11 is 5.85. The molecule has 2 nitrogen and oxygen atoms in total. The molecule has 0 aliphatic carbocycles. The van der Waals surface area contributed by atoms with Gasteiger partial charge in [-0.1, -0.05) is 30.2 Å². The minimum Gasteiger partial charge on any atom is -0.387 e. The zero-order valence-corrected chi connectivity index (χ0v) is 11.0. The second kappa shape index (κ2) is 5.85. The Kier molecular flexibility index (Phi) is 4.43. The summed E-state index contributed by atoms with van der Waals surface area (Å²) in [5.74, 6) is 0. The maximum Gasteiger partial charge on any atom is 0.0942 e. The van der Waals surface area contributed by atoms with E-state index in [0.29, 0.717) is 5.02 Å². The molecule has 1 aliphatic rings. The Morgan fingerprint density at radius 1 is 1.12 bits per heavy atom. The molecule has 94 valence electrons. The van der Waals surface area contributed by atoms with Crippen molar-refractivity contribution >= 4 is 11.6 Å². The molecular weight excluding hydrogens is 234 g/mol. The maximum absolute atomic E-state index is 10.3. The van der Waals surface area contributed by atoms with Gasteiger partial charge in [0.25, 0.3) is 0 Å². The molecular formula is C14H20ClNO. The summed E-state index contributed by atoms with van der Waals surface area (Å²) in [5, 5.41) is 11.1. The van der Waals surface area contributed by atoms with E-state index in [4.69, 9.17) is 11.6 Å². The fourth-order valence-corrected chi connectivity index (χ4v) is 2.59. The third-order valence-electron chi connectivity index (χ3n) is 3.64. The van der Waals surface area contributed by atoms with Crippen LogP contribution in [0.25, 0.3) is 0 Å². The number of benzene rings is 1. The van der Waals surface area contributed by atoms with E-state index in [0.717, 1.165) is 18.7 Å². The van der Waals surface area contributed by atoms with Crippen molar-refractivity contribution in [2.45, 2.75) is 38.3 Å². The normalized spacial score (nSPS) is 21.1. The standard InChI is InChI=1S/C14H20ClNO/c1-11(16-9-3-2-4-10-16)14(17)12-5-7-13(15)8-6-12/h5-8,11,14,17H,2-4,9-10H2,1H3. The summed E-state index contributed by atoms with van der Waals surface area (Å²) in [6, 6.07) is 7.67. The molecule has 1 N–H and O–H groups in total. The number of nitrogens with zero attached hydrogens (tertiary/aromatic N) is 1. The summed E-state index contributed by atoms with van der Waals surface area (Å²) in [6.07, 6.45) is 3.39. The van der Waals surface area contributed by atoms with Gasteiger partial charge in [-0.25, -0.2) is 0 Å². The molecule has 1 heterocycles. The lowest BCUT2D eigenvalue weighted by atomic mass is 10.00. The van der Waals surface area contributed by atoms with Gasteiger partial charge in [-0.05, 0) is 50.6 Å². The van der Waals surface area contributed by atoms with Gasteiger partial charge in [-0.15, -0.1) is 0 Å². The van der Waals surface area contributed by atoms with Crippen molar-refractivity contribution in [3.63, 3.8) is 0 Å². The minimum atomic E-state index is -0.426. The Balaban J connectivity index is 2.02. The molecule has 0 saturated carbocycles. The van der Waals surface area contributed by atoms with Gasteiger partial charge in [0.2, 0.25) is 0 Å². The Hall–Kier alpha value is -0.570. The fourth-order valence-electron chi connectivity index (χ4n) is 2.46. The molecule has 2 atom stereocenters. The van der Waals surface area contributed by atoms with Gasteiger partial charge < -0.3 is 5.11 Å². The molecule has 17 heavy (non-hydrogen) atoms. The van der Waals surface area contributed by atoms with Crippen molar-refractivity contribution in [1.29, 1.82) is 0 Å². The average Bonchev–Trinajstić information content (AvgIpc) is 2.39. The number of hydrogen-bond donors (Lipinski definition) is 1. The maximum atomic E-state index is 10.3. The highest BCUT2D eigenvalue weighted by molar-refractivity contribution is 6.30. The van der Waals surface area contributed by atoms with E-state index in [2.05, 4.69) is 11.8 Å². The van der Waals surface area contributed by atoms with E-state index in [1.807, 2.05) is 24.3 Å². The molecule has 0 aromatic heterocycles. The highest BCUT2D eigenvalue weighted by atomic mass is 35.5. The van der Waals surface area contributed by atoms with Crippen LogP contribution in [0.2, 0.25) is 5.02 Å². The van der Waals surface area contributed by atoms with Gasteiger partial charge >= 0.3 is 0 Å². The first-order valence-electron chi connectivity index (χ1n) is 6.36. The second-order valence-electron chi connectivity index (χ2n) is 4.83. The monoisotopic (exact) mass is 253 g/mol. The van der Waals surface area contributed by atoms with Crippen LogP contribution < -0.4 is 0 Å². The van der Waals surface area contributed by atoms with E-state index in [1.54, 1.807) is 0 Å². The third-order valence-corrected chi connectivity index (χ3v) is 3.89. The molecule has 1 aliphatic heterocycles. The quantitative estimate of drug-likeness (QED) is 0.894. The first-order chi connectivity index (χ1) is 8.18. The topological polar surface area (TPSA) is 23.5 Å². The van der Waals surface area contributed by atoms with Crippen molar-refractivity contribution < 1.29 is 5.11 Å². The molecule has 0 amide bonds. The van der Waals surface area contributed by atoms with Crippen LogP contribution in [0.5, 0.6) is 0 Å². The van der Waals surface area contributed by atoms with Gasteiger partial charge in [0, 0.05) is 11.1 Å². The number of rotatable bonds is 3. The number of aliphatic hydroxyl groups is 1. The summed E-state index contributed by atoms with van der Waals surface area (Å²) in [6.45, 7) is 4.31. The average molecular weight is 254 g/mol. The molecule has 0 radical (unpaired) electrons. The van der Waals surface area contributed by atoms with Gasteiger partial charge in [0.05, 0.1) is 6.10 Å². The predicted molar refractivity (Wildman–Crippen MR) is 71.3 cm³/mol. The summed E-state index contributed by atoms with van der Waals surface area (Å²) < 4.78 is 0. The Labute approximate surface area is 108 Å². The van der Waals surface area contributed by atoms with E-state index in [-0.39, 0.29) is 6.04 Å². The van der Waals surface area contributed by atoms with Crippen LogP contribution >= 0.6 is 11.6 Å². The van der Waals surface area contributed by atoms with Crippen molar-refractivity contribution in [2.75, 3.05) is 13.1 Å². The van der Waals surface area contributed by atoms with Crippen LogP contribution in [0, 0.1) is 0 Å². The van der Waals surface area contributed by atoms with Crippen molar-refractivity contribution in [1.82, 2.24) is 4.90 Å². The van der Waals surface area contributed by atoms with Crippen LogP contribution in [0.3, 0.4) is 0 Å². The van der Waals surface area contributed by atoms with E-state index >= 15 is 0 Å². The molecule has 1 saturated heterocycles. The van der Waals surface area contributed by atoms with Crippen LogP contribution in [-0.2, 0) is 0 Å². The molecule has 1 fully saturated rings. The van der Waals surface area contributed by atoms with Crippen LogP contribution in [0.1, 0.15) is 37.9 Å². The Morgan fingerprint density at radius 2 is 1.71 bits per heavy atom. The first-order valence-corrected chi connectivity index (χ1v) is 6.74. The highest BCUT2D eigenvalue weighted by Crippen LogP contribution is 2.24. The Morgan fingerprint density at radius 3 is 2.29 bits per heavy atom. The minimum absolute atomic E-state index is 0.177. The van der Waals surface area contributed by atoms with Crippen molar-refractivity contribution in [3.8, 4) is 0 Å².